The third-order valence-corrected chi connectivity index (χ3v) is 1.53. The molecular formula is C6H10F3NO2. The van der Waals surface area contributed by atoms with Crippen molar-refractivity contribution in [3.8, 4) is 0 Å². The van der Waals surface area contributed by atoms with Crippen molar-refractivity contribution in [2.75, 3.05) is 0 Å². The minimum atomic E-state index is -4.36. The molecule has 3 nitrogen and oxygen atoms in total. The molecule has 0 bridgehead atoms. The molecule has 0 spiro atoms. The molecule has 2 atom stereocenters. The Morgan fingerprint density at radius 2 is 2.00 bits per heavy atom. The van der Waals surface area contributed by atoms with Crippen molar-refractivity contribution in [3.05, 3.63) is 0 Å². The second kappa shape index (κ2) is 3.75. The number of alkyl halides is 3. The van der Waals surface area contributed by atoms with Crippen LogP contribution in [0.1, 0.15) is 13.3 Å². The first kappa shape index (κ1) is 11.2. The Balaban J connectivity index is 4.01. The summed E-state index contributed by atoms with van der Waals surface area (Å²) in [6.45, 7) is 0.918. The first-order valence-electron chi connectivity index (χ1n) is 3.35. The van der Waals surface area contributed by atoms with E-state index in [1.165, 1.54) is 0 Å². The van der Waals surface area contributed by atoms with Crippen molar-refractivity contribution in [3.63, 3.8) is 0 Å². The summed E-state index contributed by atoms with van der Waals surface area (Å²) in [6.07, 6.45) is -4.89. The first-order chi connectivity index (χ1) is 5.25. The highest BCUT2D eigenvalue weighted by Crippen LogP contribution is 2.28. The molecule has 0 saturated heterocycles. The quantitative estimate of drug-likeness (QED) is 0.608. The van der Waals surface area contributed by atoms with E-state index in [1.807, 2.05) is 0 Å². The molecule has 72 valence electrons. The van der Waals surface area contributed by atoms with Gasteiger partial charge in [-0.25, -0.2) is 0 Å². The van der Waals surface area contributed by atoms with Gasteiger partial charge in [0.05, 0.1) is 11.9 Å². The largest absolute Gasteiger partial charge is 0.544 e. The Morgan fingerprint density at radius 3 is 2.25 bits per heavy atom. The molecule has 0 aliphatic heterocycles. The van der Waals surface area contributed by atoms with E-state index in [1.54, 1.807) is 0 Å². The van der Waals surface area contributed by atoms with Crippen molar-refractivity contribution in [2.45, 2.75) is 25.6 Å². The van der Waals surface area contributed by atoms with Crippen LogP contribution in [0.25, 0.3) is 0 Å². The van der Waals surface area contributed by atoms with Gasteiger partial charge < -0.3 is 15.6 Å². The molecule has 0 aromatic carbocycles. The number of quaternary nitrogens is 1. The van der Waals surface area contributed by atoms with Crippen LogP contribution in [0.5, 0.6) is 0 Å². The zero-order valence-corrected chi connectivity index (χ0v) is 6.52. The minimum absolute atomic E-state index is 0.536. The van der Waals surface area contributed by atoms with Crippen molar-refractivity contribution in [1.29, 1.82) is 0 Å². The SMILES string of the molecule is C[C@@H](C[C@@H]([NH3+])C(=O)[O-])C(F)(F)F. The van der Waals surface area contributed by atoms with Crippen molar-refractivity contribution in [2.24, 2.45) is 5.92 Å². The summed E-state index contributed by atoms with van der Waals surface area (Å²) in [5.41, 5.74) is 3.03. The summed E-state index contributed by atoms with van der Waals surface area (Å²) >= 11 is 0. The molecule has 0 unspecified atom stereocenters. The molecule has 0 radical (unpaired) electrons. The fourth-order valence-corrected chi connectivity index (χ4v) is 0.657. The Labute approximate surface area is 67.4 Å². The van der Waals surface area contributed by atoms with Gasteiger partial charge >= 0.3 is 6.18 Å². The van der Waals surface area contributed by atoms with E-state index in [4.69, 9.17) is 0 Å². The average Bonchev–Trinajstić information content (AvgIpc) is 1.85. The molecule has 0 saturated carbocycles. The van der Waals surface area contributed by atoms with Crippen molar-refractivity contribution < 1.29 is 28.8 Å². The summed E-state index contributed by atoms with van der Waals surface area (Å²) in [4.78, 5) is 10.0. The first-order valence-corrected chi connectivity index (χ1v) is 3.35. The fourth-order valence-electron chi connectivity index (χ4n) is 0.657. The molecular weight excluding hydrogens is 175 g/mol. The van der Waals surface area contributed by atoms with Gasteiger partial charge in [-0.1, -0.05) is 6.92 Å². The zero-order chi connectivity index (χ0) is 9.94. The number of carbonyl (C=O) groups excluding carboxylic acids is 1. The number of rotatable bonds is 3. The summed E-state index contributed by atoms with van der Waals surface area (Å²) in [5, 5.41) is 10.0. The maximum absolute atomic E-state index is 11.8. The average molecular weight is 185 g/mol. The summed E-state index contributed by atoms with van der Waals surface area (Å²) in [6, 6.07) is -1.30. The van der Waals surface area contributed by atoms with Crippen molar-refractivity contribution >= 4 is 5.97 Å². The number of aliphatic carboxylic acids is 1. The van der Waals surface area contributed by atoms with Crippen LogP contribution in [0.15, 0.2) is 0 Å². The number of hydrogen-bond acceptors (Lipinski definition) is 2. The van der Waals surface area contributed by atoms with Gasteiger partial charge in [-0.2, -0.15) is 13.2 Å². The lowest BCUT2D eigenvalue weighted by molar-refractivity contribution is -0.442. The summed E-state index contributed by atoms with van der Waals surface area (Å²) in [7, 11) is 0. The maximum Gasteiger partial charge on any atom is 0.391 e. The van der Waals surface area contributed by atoms with E-state index in [-0.39, 0.29) is 0 Å². The Hall–Kier alpha value is -0.780. The molecule has 12 heavy (non-hydrogen) atoms. The Kier molecular flexibility index (Phi) is 3.51. The van der Waals surface area contributed by atoms with Crippen LogP contribution in [-0.2, 0) is 4.79 Å². The molecule has 0 heterocycles. The Morgan fingerprint density at radius 1 is 1.58 bits per heavy atom. The van der Waals surface area contributed by atoms with Gasteiger partial charge in [0.1, 0.15) is 6.04 Å². The topological polar surface area (TPSA) is 67.8 Å². The van der Waals surface area contributed by atoms with Gasteiger partial charge in [0.15, 0.2) is 0 Å². The van der Waals surface area contributed by atoms with Crippen LogP contribution in [-0.4, -0.2) is 18.2 Å². The molecule has 0 aliphatic rings. The van der Waals surface area contributed by atoms with Crippen LogP contribution in [0.4, 0.5) is 13.2 Å². The predicted octanol–water partition coefficient (Wildman–Crippen LogP) is -1.06. The monoisotopic (exact) mass is 185 g/mol. The minimum Gasteiger partial charge on any atom is -0.544 e. The van der Waals surface area contributed by atoms with E-state index in [9.17, 15) is 23.1 Å². The zero-order valence-electron chi connectivity index (χ0n) is 6.52. The molecule has 0 aliphatic carbocycles. The number of hydrogen-bond donors (Lipinski definition) is 1. The van der Waals surface area contributed by atoms with Gasteiger partial charge in [-0.15, -0.1) is 0 Å². The normalized spacial score (nSPS) is 17.1. The molecule has 3 N–H and O–H groups in total. The molecule has 0 amide bonds. The fraction of sp³-hybridized carbons (Fsp3) is 0.833. The standard InChI is InChI=1S/C6H10F3NO2/c1-3(6(7,8)9)2-4(10)5(11)12/h3-4H,2,10H2,1H3,(H,11,12)/t3-,4+/m0/s1. The van der Waals surface area contributed by atoms with Crippen LogP contribution < -0.4 is 10.8 Å². The van der Waals surface area contributed by atoms with E-state index < -0.39 is 30.5 Å². The molecule has 6 heteroatoms. The van der Waals surface area contributed by atoms with Gasteiger partial charge in [0, 0.05) is 6.42 Å². The number of carboxylic acid groups (broad SMARTS) is 1. The highest BCUT2D eigenvalue weighted by Gasteiger charge is 2.37. The smallest absolute Gasteiger partial charge is 0.391 e. The van der Waals surface area contributed by atoms with Crippen LogP contribution in [0.3, 0.4) is 0 Å². The summed E-state index contributed by atoms with van der Waals surface area (Å²) in [5.74, 6) is -3.20. The van der Waals surface area contributed by atoms with Crippen LogP contribution in [0.2, 0.25) is 0 Å². The van der Waals surface area contributed by atoms with Crippen LogP contribution in [0, 0.1) is 5.92 Å². The lowest BCUT2D eigenvalue weighted by Gasteiger charge is -2.17. The number of carboxylic acids is 1. The van der Waals surface area contributed by atoms with E-state index in [0.29, 0.717) is 0 Å². The third-order valence-electron chi connectivity index (χ3n) is 1.53. The highest BCUT2D eigenvalue weighted by molar-refractivity contribution is 5.69. The van der Waals surface area contributed by atoms with E-state index in [0.717, 1.165) is 6.92 Å². The molecule has 0 aromatic heterocycles. The van der Waals surface area contributed by atoms with Gasteiger partial charge in [-0.05, 0) is 0 Å². The number of carbonyl (C=O) groups is 1. The number of halogens is 3. The van der Waals surface area contributed by atoms with Gasteiger partial charge in [-0.3, -0.25) is 0 Å². The lowest BCUT2D eigenvalue weighted by Crippen LogP contribution is -2.69. The highest BCUT2D eigenvalue weighted by atomic mass is 19.4. The third kappa shape index (κ3) is 3.56. The van der Waals surface area contributed by atoms with E-state index >= 15 is 0 Å². The van der Waals surface area contributed by atoms with Gasteiger partial charge in [0.2, 0.25) is 0 Å². The summed E-state index contributed by atoms with van der Waals surface area (Å²) < 4.78 is 35.5. The second-order valence-electron chi connectivity index (χ2n) is 2.69. The second-order valence-corrected chi connectivity index (χ2v) is 2.69. The molecule has 0 aromatic rings. The van der Waals surface area contributed by atoms with Crippen molar-refractivity contribution in [1.82, 2.24) is 0 Å². The molecule has 0 fully saturated rings. The van der Waals surface area contributed by atoms with E-state index in [2.05, 4.69) is 5.73 Å². The molecule has 0 rings (SSSR count). The lowest BCUT2D eigenvalue weighted by atomic mass is 10.0. The predicted molar refractivity (Wildman–Crippen MR) is 31.5 cm³/mol. The van der Waals surface area contributed by atoms with Crippen LogP contribution >= 0.6 is 0 Å². The maximum atomic E-state index is 11.8. The van der Waals surface area contributed by atoms with Gasteiger partial charge in [0.25, 0.3) is 0 Å². The Bertz CT molecular complexity index is 169.